The molecule has 3 amide bonds. The van der Waals surface area contributed by atoms with Crippen molar-refractivity contribution in [2.24, 2.45) is 11.7 Å². The molecule has 2 rings (SSSR count). The van der Waals surface area contributed by atoms with E-state index in [1.54, 1.807) is 0 Å². The van der Waals surface area contributed by atoms with Crippen LogP contribution < -0.4 is 16.4 Å². The predicted octanol–water partition coefficient (Wildman–Crippen LogP) is 0.642. The Labute approximate surface area is 151 Å². The summed E-state index contributed by atoms with van der Waals surface area (Å²) in [7, 11) is 0. The molecule has 2 atom stereocenters. The molecule has 0 unspecified atom stereocenters. The van der Waals surface area contributed by atoms with Gasteiger partial charge in [0.25, 0.3) is 0 Å². The van der Waals surface area contributed by atoms with Crippen LogP contribution in [0.1, 0.15) is 31.2 Å². The van der Waals surface area contributed by atoms with Crippen LogP contribution in [-0.2, 0) is 25.7 Å². The number of ether oxygens (including phenoxy) is 1. The van der Waals surface area contributed by atoms with Crippen LogP contribution in [0.15, 0.2) is 30.3 Å². The second kappa shape index (κ2) is 9.55. The number of primary amides is 1. The molecule has 0 radical (unpaired) electrons. The maximum Gasteiger partial charge on any atom is 0.407 e. The lowest BCUT2D eigenvalue weighted by atomic mass is 9.83. The SMILES string of the molecule is NC(=O)[C@@H](NC(=O)CNC(=O)OCc1ccccc1)[C@H]1CCCC(=O)C1. The van der Waals surface area contributed by atoms with Gasteiger partial charge in [-0.25, -0.2) is 4.79 Å². The van der Waals surface area contributed by atoms with E-state index in [4.69, 9.17) is 10.5 Å². The summed E-state index contributed by atoms with van der Waals surface area (Å²) in [6.45, 7) is -0.263. The summed E-state index contributed by atoms with van der Waals surface area (Å²) in [5, 5.41) is 4.82. The van der Waals surface area contributed by atoms with E-state index in [-0.39, 0.29) is 31.3 Å². The van der Waals surface area contributed by atoms with Crippen LogP contribution in [0.3, 0.4) is 0 Å². The van der Waals surface area contributed by atoms with Gasteiger partial charge in [-0.2, -0.15) is 0 Å². The van der Waals surface area contributed by atoms with Crippen molar-refractivity contribution in [3.8, 4) is 0 Å². The summed E-state index contributed by atoms with van der Waals surface area (Å²) in [6, 6.07) is 8.19. The highest BCUT2D eigenvalue weighted by atomic mass is 16.5. The minimum atomic E-state index is -0.922. The van der Waals surface area contributed by atoms with Gasteiger partial charge in [0.1, 0.15) is 25.0 Å². The fraction of sp³-hybridized carbons (Fsp3) is 0.444. The van der Waals surface area contributed by atoms with Gasteiger partial charge in [0.2, 0.25) is 11.8 Å². The summed E-state index contributed by atoms with van der Waals surface area (Å²) in [5.74, 6) is -1.50. The molecule has 140 valence electrons. The molecule has 1 aliphatic rings. The monoisotopic (exact) mass is 361 g/mol. The summed E-state index contributed by atoms with van der Waals surface area (Å²) in [4.78, 5) is 46.8. The minimum Gasteiger partial charge on any atom is -0.445 e. The Kier molecular flexibility index (Phi) is 7.13. The van der Waals surface area contributed by atoms with Crippen molar-refractivity contribution in [1.82, 2.24) is 10.6 Å². The topological polar surface area (TPSA) is 128 Å². The number of nitrogens with one attached hydrogen (secondary N) is 2. The van der Waals surface area contributed by atoms with E-state index in [2.05, 4.69) is 10.6 Å². The standard InChI is InChI=1S/C18H23N3O5/c19-17(24)16(13-7-4-8-14(22)9-13)21-15(23)10-20-18(25)26-11-12-5-2-1-3-6-12/h1-3,5-6,13,16H,4,7-11H2,(H2,19,24)(H,20,25)(H,21,23)/t13-,16-/m0/s1. The number of rotatable bonds is 7. The van der Waals surface area contributed by atoms with Crippen LogP contribution in [0.4, 0.5) is 4.79 Å². The third kappa shape index (κ3) is 6.19. The Morgan fingerprint density at radius 2 is 1.96 bits per heavy atom. The molecule has 26 heavy (non-hydrogen) atoms. The van der Waals surface area contributed by atoms with Crippen molar-refractivity contribution in [1.29, 1.82) is 0 Å². The molecular formula is C18H23N3O5. The fourth-order valence-electron chi connectivity index (χ4n) is 2.91. The molecule has 8 nitrogen and oxygen atoms in total. The van der Waals surface area contributed by atoms with Gasteiger partial charge in [-0.15, -0.1) is 0 Å². The highest BCUT2D eigenvalue weighted by Gasteiger charge is 2.32. The molecular weight excluding hydrogens is 338 g/mol. The molecule has 8 heteroatoms. The number of hydrogen-bond donors (Lipinski definition) is 3. The Balaban J connectivity index is 1.76. The van der Waals surface area contributed by atoms with E-state index in [0.29, 0.717) is 19.3 Å². The molecule has 1 fully saturated rings. The number of benzene rings is 1. The number of carbonyl (C=O) groups excluding carboxylic acids is 4. The average molecular weight is 361 g/mol. The van der Waals surface area contributed by atoms with Crippen LogP contribution in [-0.4, -0.2) is 36.3 Å². The maximum absolute atomic E-state index is 12.0. The zero-order chi connectivity index (χ0) is 18.9. The van der Waals surface area contributed by atoms with Gasteiger partial charge in [-0.1, -0.05) is 30.3 Å². The first kappa shape index (κ1) is 19.4. The van der Waals surface area contributed by atoms with Crippen LogP contribution in [0.2, 0.25) is 0 Å². The molecule has 4 N–H and O–H groups in total. The van der Waals surface area contributed by atoms with E-state index in [0.717, 1.165) is 5.56 Å². The highest BCUT2D eigenvalue weighted by molar-refractivity contribution is 5.89. The van der Waals surface area contributed by atoms with E-state index < -0.39 is 23.9 Å². The molecule has 1 aliphatic carbocycles. The average Bonchev–Trinajstić information content (AvgIpc) is 2.63. The zero-order valence-electron chi connectivity index (χ0n) is 14.4. The Morgan fingerprint density at radius 3 is 2.62 bits per heavy atom. The molecule has 0 heterocycles. The van der Waals surface area contributed by atoms with Crippen molar-refractivity contribution in [3.05, 3.63) is 35.9 Å². The first-order chi connectivity index (χ1) is 12.5. The van der Waals surface area contributed by atoms with Crippen LogP contribution in [0.5, 0.6) is 0 Å². The van der Waals surface area contributed by atoms with Gasteiger partial charge >= 0.3 is 6.09 Å². The highest BCUT2D eigenvalue weighted by Crippen LogP contribution is 2.24. The van der Waals surface area contributed by atoms with Crippen LogP contribution >= 0.6 is 0 Å². The quantitative estimate of drug-likeness (QED) is 0.657. The molecule has 1 aromatic carbocycles. The second-order valence-corrected chi connectivity index (χ2v) is 6.26. The zero-order valence-corrected chi connectivity index (χ0v) is 14.4. The summed E-state index contributed by atoms with van der Waals surface area (Å²) in [6.07, 6.45) is 1.29. The number of carbonyl (C=O) groups is 4. The fourth-order valence-corrected chi connectivity index (χ4v) is 2.91. The Morgan fingerprint density at radius 1 is 1.23 bits per heavy atom. The normalized spacial score (nSPS) is 17.8. The molecule has 0 spiro atoms. The number of alkyl carbamates (subject to hydrolysis) is 1. The van der Waals surface area contributed by atoms with Gasteiger partial charge in [0, 0.05) is 12.8 Å². The van der Waals surface area contributed by atoms with Gasteiger partial charge < -0.3 is 21.1 Å². The number of Topliss-reactive ketones (excluding diaryl/α,β-unsaturated/α-hetero) is 1. The van der Waals surface area contributed by atoms with E-state index in [1.165, 1.54) is 0 Å². The van der Waals surface area contributed by atoms with Crippen molar-refractivity contribution < 1.29 is 23.9 Å². The van der Waals surface area contributed by atoms with Crippen molar-refractivity contribution in [3.63, 3.8) is 0 Å². The molecule has 0 bridgehead atoms. The Bertz CT molecular complexity index is 662. The van der Waals surface area contributed by atoms with E-state index in [1.807, 2.05) is 30.3 Å². The lowest BCUT2D eigenvalue weighted by Gasteiger charge is -2.28. The van der Waals surface area contributed by atoms with Crippen LogP contribution in [0.25, 0.3) is 0 Å². The molecule has 1 aromatic rings. The van der Waals surface area contributed by atoms with Gasteiger partial charge in [-0.05, 0) is 24.3 Å². The second-order valence-electron chi connectivity index (χ2n) is 6.26. The largest absolute Gasteiger partial charge is 0.445 e. The van der Waals surface area contributed by atoms with Gasteiger partial charge in [-0.3, -0.25) is 14.4 Å². The number of hydrogen-bond acceptors (Lipinski definition) is 5. The smallest absolute Gasteiger partial charge is 0.407 e. The molecule has 1 saturated carbocycles. The van der Waals surface area contributed by atoms with E-state index in [9.17, 15) is 19.2 Å². The lowest BCUT2D eigenvalue weighted by molar-refractivity contribution is -0.130. The summed E-state index contributed by atoms with van der Waals surface area (Å²) < 4.78 is 4.99. The van der Waals surface area contributed by atoms with Gasteiger partial charge in [0.05, 0.1) is 0 Å². The first-order valence-electron chi connectivity index (χ1n) is 8.50. The molecule has 0 saturated heterocycles. The molecule has 0 aliphatic heterocycles. The molecule has 0 aromatic heterocycles. The number of amides is 3. The third-order valence-corrected chi connectivity index (χ3v) is 4.22. The van der Waals surface area contributed by atoms with Crippen molar-refractivity contribution >= 4 is 23.7 Å². The number of ketones is 1. The Hall–Kier alpha value is -2.90. The van der Waals surface area contributed by atoms with E-state index >= 15 is 0 Å². The van der Waals surface area contributed by atoms with Crippen molar-refractivity contribution in [2.75, 3.05) is 6.54 Å². The maximum atomic E-state index is 12.0. The summed E-state index contributed by atoms with van der Waals surface area (Å²) in [5.41, 5.74) is 6.17. The lowest BCUT2D eigenvalue weighted by Crippen LogP contribution is -2.52. The number of nitrogens with two attached hydrogens (primary N) is 1. The third-order valence-electron chi connectivity index (χ3n) is 4.22. The van der Waals surface area contributed by atoms with Crippen LogP contribution in [0, 0.1) is 5.92 Å². The van der Waals surface area contributed by atoms with Crippen molar-refractivity contribution in [2.45, 2.75) is 38.3 Å². The first-order valence-corrected chi connectivity index (χ1v) is 8.50. The predicted molar refractivity (Wildman–Crippen MR) is 92.7 cm³/mol. The minimum absolute atomic E-state index is 0.0596. The summed E-state index contributed by atoms with van der Waals surface area (Å²) >= 11 is 0. The van der Waals surface area contributed by atoms with Gasteiger partial charge in [0.15, 0.2) is 0 Å².